The molecule has 0 aromatic rings. The summed E-state index contributed by atoms with van der Waals surface area (Å²) in [6.45, 7) is 10.3. The summed E-state index contributed by atoms with van der Waals surface area (Å²) in [7, 11) is 0. The van der Waals surface area contributed by atoms with Crippen LogP contribution in [-0.4, -0.2) is 40.7 Å². The van der Waals surface area contributed by atoms with Crippen LogP contribution in [0.25, 0.3) is 0 Å². The van der Waals surface area contributed by atoms with Crippen LogP contribution in [-0.2, 0) is 4.79 Å². The molecule has 0 heterocycles. The number of carbonyl (C=O) groups is 2. The van der Waals surface area contributed by atoms with Gasteiger partial charge in [-0.05, 0) is 25.5 Å². The van der Waals surface area contributed by atoms with E-state index in [1.807, 2.05) is 40.9 Å². The van der Waals surface area contributed by atoms with Gasteiger partial charge in [0.1, 0.15) is 0 Å². The van der Waals surface area contributed by atoms with Gasteiger partial charge in [-0.2, -0.15) is 11.8 Å². The maximum atomic E-state index is 11.8. The van der Waals surface area contributed by atoms with E-state index in [9.17, 15) is 9.59 Å². The monoisotopic (exact) mass is 290 g/mol. The van der Waals surface area contributed by atoms with E-state index in [4.69, 9.17) is 5.11 Å². The number of amides is 2. The van der Waals surface area contributed by atoms with E-state index in [0.717, 1.165) is 0 Å². The molecule has 0 aliphatic carbocycles. The smallest absolute Gasteiger partial charge is 0.315 e. The van der Waals surface area contributed by atoms with Gasteiger partial charge in [0.2, 0.25) is 0 Å². The van der Waals surface area contributed by atoms with Crippen molar-refractivity contribution in [2.75, 3.05) is 12.8 Å². The zero-order valence-electron chi connectivity index (χ0n) is 12.7. The van der Waals surface area contributed by atoms with Crippen LogP contribution in [0.4, 0.5) is 4.79 Å². The number of hydrogen-bond donors (Lipinski definition) is 3. The Labute approximate surface area is 119 Å². The van der Waals surface area contributed by atoms with Gasteiger partial charge in [0.15, 0.2) is 0 Å². The largest absolute Gasteiger partial charge is 0.481 e. The summed E-state index contributed by atoms with van der Waals surface area (Å²) in [6.07, 6.45) is 1.91. The second-order valence-corrected chi connectivity index (χ2v) is 7.82. The number of urea groups is 1. The summed E-state index contributed by atoms with van der Waals surface area (Å²) in [5.74, 6) is -0.912. The molecule has 6 heteroatoms. The number of rotatable bonds is 6. The third kappa shape index (κ3) is 7.97. The first-order chi connectivity index (χ1) is 8.48. The van der Waals surface area contributed by atoms with Crippen molar-refractivity contribution in [2.24, 2.45) is 5.41 Å². The van der Waals surface area contributed by atoms with Gasteiger partial charge < -0.3 is 15.7 Å². The Morgan fingerprint density at radius 2 is 1.74 bits per heavy atom. The van der Waals surface area contributed by atoms with Gasteiger partial charge in [-0.15, -0.1) is 0 Å². The van der Waals surface area contributed by atoms with Crippen molar-refractivity contribution in [3.05, 3.63) is 0 Å². The molecule has 0 rings (SSSR count). The summed E-state index contributed by atoms with van der Waals surface area (Å²) in [4.78, 5) is 22.6. The fraction of sp³-hybridized carbons (Fsp3) is 0.846. The zero-order valence-corrected chi connectivity index (χ0v) is 13.5. The zero-order chi connectivity index (χ0) is 15.3. The molecular formula is C13H26N2O3S. The molecule has 0 aromatic heterocycles. The molecule has 0 aromatic carbocycles. The number of carboxylic acid groups (broad SMARTS) is 1. The number of nitrogens with one attached hydrogen (secondary N) is 2. The van der Waals surface area contributed by atoms with Gasteiger partial charge >= 0.3 is 12.0 Å². The first-order valence-corrected chi connectivity index (χ1v) is 7.52. The minimum Gasteiger partial charge on any atom is -0.481 e. The minimum absolute atomic E-state index is 0.0403. The molecule has 1 unspecified atom stereocenters. The van der Waals surface area contributed by atoms with Crippen molar-refractivity contribution >= 4 is 23.8 Å². The second kappa shape index (κ2) is 7.03. The number of carbonyl (C=O) groups excluding carboxylic acids is 1. The topological polar surface area (TPSA) is 78.4 Å². The van der Waals surface area contributed by atoms with E-state index in [0.29, 0.717) is 6.54 Å². The maximum Gasteiger partial charge on any atom is 0.315 e. The number of thioether (sulfide) groups is 1. The standard InChI is InChI=1S/C13H26N2O3S/c1-12(2,3)9(7-10(16)17)15-11(18)14-8-13(4,5)19-6/h9H,7-8H2,1-6H3,(H,16,17)(H2,14,15,18). The van der Waals surface area contributed by atoms with Crippen LogP contribution in [0.1, 0.15) is 41.0 Å². The molecule has 0 saturated heterocycles. The van der Waals surface area contributed by atoms with Gasteiger partial charge in [0.25, 0.3) is 0 Å². The van der Waals surface area contributed by atoms with Gasteiger partial charge in [-0.25, -0.2) is 4.79 Å². The lowest BCUT2D eigenvalue weighted by Gasteiger charge is -2.31. The first kappa shape index (κ1) is 18.1. The van der Waals surface area contributed by atoms with Crippen LogP contribution in [0.2, 0.25) is 0 Å². The molecule has 0 saturated carbocycles. The molecular weight excluding hydrogens is 264 g/mol. The molecule has 5 nitrogen and oxygen atoms in total. The Bertz CT molecular complexity index is 324. The molecule has 0 spiro atoms. The summed E-state index contributed by atoms with van der Waals surface area (Å²) >= 11 is 1.67. The normalized spacial score (nSPS) is 13.8. The van der Waals surface area contributed by atoms with Crippen LogP contribution in [0.15, 0.2) is 0 Å². The highest BCUT2D eigenvalue weighted by molar-refractivity contribution is 7.99. The quantitative estimate of drug-likeness (QED) is 0.701. The lowest BCUT2D eigenvalue weighted by atomic mass is 9.85. The molecule has 19 heavy (non-hydrogen) atoms. The van der Waals surface area contributed by atoms with Gasteiger partial charge in [-0.1, -0.05) is 20.8 Å². The summed E-state index contributed by atoms with van der Waals surface area (Å²) in [6, 6.07) is -0.717. The number of hydrogen-bond acceptors (Lipinski definition) is 3. The lowest BCUT2D eigenvalue weighted by molar-refractivity contribution is -0.138. The van der Waals surface area contributed by atoms with E-state index >= 15 is 0 Å². The van der Waals surface area contributed by atoms with Crippen LogP contribution in [0, 0.1) is 5.41 Å². The third-order valence-electron chi connectivity index (χ3n) is 2.96. The van der Waals surface area contributed by atoms with Gasteiger partial charge in [0.05, 0.1) is 6.42 Å². The van der Waals surface area contributed by atoms with Crippen molar-refractivity contribution in [1.82, 2.24) is 10.6 Å². The summed E-state index contributed by atoms with van der Waals surface area (Å²) < 4.78 is -0.0403. The van der Waals surface area contributed by atoms with Crippen LogP contribution < -0.4 is 10.6 Å². The van der Waals surface area contributed by atoms with E-state index in [-0.39, 0.29) is 22.6 Å². The Morgan fingerprint density at radius 3 is 2.11 bits per heavy atom. The molecule has 1 atom stereocenters. The summed E-state index contributed by atoms with van der Waals surface area (Å²) in [5.41, 5.74) is -0.301. The molecule has 0 fully saturated rings. The Balaban J connectivity index is 4.44. The first-order valence-electron chi connectivity index (χ1n) is 6.29. The predicted molar refractivity (Wildman–Crippen MR) is 79.6 cm³/mol. The van der Waals surface area contributed by atoms with Crippen molar-refractivity contribution in [3.63, 3.8) is 0 Å². The van der Waals surface area contributed by atoms with Crippen LogP contribution in [0.3, 0.4) is 0 Å². The fourth-order valence-corrected chi connectivity index (χ4v) is 1.54. The second-order valence-electron chi connectivity index (χ2n) is 6.31. The van der Waals surface area contributed by atoms with E-state index in [1.54, 1.807) is 11.8 Å². The van der Waals surface area contributed by atoms with E-state index < -0.39 is 12.0 Å². The minimum atomic E-state index is -0.912. The molecule has 112 valence electrons. The highest BCUT2D eigenvalue weighted by atomic mass is 32.2. The van der Waals surface area contributed by atoms with E-state index in [1.165, 1.54) is 0 Å². The lowest BCUT2D eigenvalue weighted by Crippen LogP contribution is -2.50. The average molecular weight is 290 g/mol. The maximum absolute atomic E-state index is 11.8. The fourth-order valence-electron chi connectivity index (χ4n) is 1.32. The van der Waals surface area contributed by atoms with E-state index in [2.05, 4.69) is 10.6 Å². The molecule has 0 aliphatic rings. The number of carboxylic acids is 1. The molecule has 2 amide bonds. The van der Waals surface area contributed by atoms with Gasteiger partial charge in [-0.3, -0.25) is 4.79 Å². The molecule has 3 N–H and O–H groups in total. The highest BCUT2D eigenvalue weighted by Crippen LogP contribution is 2.22. The van der Waals surface area contributed by atoms with Gasteiger partial charge in [0, 0.05) is 17.3 Å². The van der Waals surface area contributed by atoms with Crippen molar-refractivity contribution < 1.29 is 14.7 Å². The van der Waals surface area contributed by atoms with Crippen LogP contribution >= 0.6 is 11.8 Å². The van der Waals surface area contributed by atoms with Crippen LogP contribution in [0.5, 0.6) is 0 Å². The Morgan fingerprint density at radius 1 is 1.21 bits per heavy atom. The SMILES string of the molecule is CSC(C)(C)CNC(=O)NC(CC(=O)O)C(C)(C)C. The highest BCUT2D eigenvalue weighted by Gasteiger charge is 2.28. The van der Waals surface area contributed by atoms with Crippen molar-refractivity contribution in [2.45, 2.75) is 51.8 Å². The van der Waals surface area contributed by atoms with Crippen molar-refractivity contribution in [3.8, 4) is 0 Å². The summed E-state index contributed by atoms with van der Waals surface area (Å²) in [5, 5.41) is 14.4. The van der Waals surface area contributed by atoms with Crippen molar-refractivity contribution in [1.29, 1.82) is 0 Å². The third-order valence-corrected chi connectivity index (χ3v) is 4.21. The molecule has 0 aliphatic heterocycles. The Hall–Kier alpha value is -0.910. The number of aliphatic carboxylic acids is 1. The molecule has 0 bridgehead atoms. The predicted octanol–water partition coefficient (Wildman–Crippen LogP) is 2.32. The Kier molecular flexibility index (Phi) is 6.69. The molecule has 0 radical (unpaired) electrons. The average Bonchev–Trinajstić information content (AvgIpc) is 2.24.